The van der Waals surface area contributed by atoms with Gasteiger partial charge in [-0.25, -0.2) is 12.8 Å². The van der Waals surface area contributed by atoms with E-state index in [1.807, 2.05) is 0 Å². The Morgan fingerprint density at radius 2 is 1.81 bits per heavy atom. The number of amides is 1. The Hall–Kier alpha value is -2.41. The van der Waals surface area contributed by atoms with Crippen molar-refractivity contribution in [3.05, 3.63) is 59.9 Å². The maximum Gasteiger partial charge on any atom is 0.261 e. The van der Waals surface area contributed by atoms with Gasteiger partial charge in [0.25, 0.3) is 15.9 Å². The topological polar surface area (TPSA) is 75.3 Å². The van der Waals surface area contributed by atoms with Gasteiger partial charge in [-0.15, -0.1) is 0 Å². The van der Waals surface area contributed by atoms with Crippen molar-refractivity contribution >= 4 is 21.6 Å². The smallest absolute Gasteiger partial charge is 0.261 e. The molecule has 2 saturated carbocycles. The van der Waals surface area contributed by atoms with Crippen LogP contribution >= 0.6 is 0 Å². The number of halogens is 1. The lowest BCUT2D eigenvalue weighted by Crippen LogP contribution is -2.38. The fraction of sp³-hybridized carbons (Fsp3) is 0.350. The molecule has 2 aliphatic carbocycles. The lowest BCUT2D eigenvalue weighted by molar-refractivity contribution is 0.0922. The van der Waals surface area contributed by atoms with Gasteiger partial charge < -0.3 is 5.32 Å². The number of hydrogen-bond donors (Lipinski definition) is 2. The minimum Gasteiger partial charge on any atom is -0.349 e. The predicted molar refractivity (Wildman–Crippen MR) is 100 cm³/mol. The monoisotopic (exact) mass is 388 g/mol. The molecule has 2 N–H and O–H groups in total. The zero-order valence-corrected chi connectivity index (χ0v) is 15.5. The molecule has 5 nitrogen and oxygen atoms in total. The van der Waals surface area contributed by atoms with Crippen LogP contribution < -0.4 is 10.0 Å². The van der Waals surface area contributed by atoms with Crippen molar-refractivity contribution < 1.29 is 17.6 Å². The van der Waals surface area contributed by atoms with E-state index in [4.69, 9.17) is 0 Å². The maximum atomic E-state index is 13.0. The van der Waals surface area contributed by atoms with Crippen LogP contribution in [0.5, 0.6) is 0 Å². The van der Waals surface area contributed by atoms with Gasteiger partial charge in [0.15, 0.2) is 0 Å². The van der Waals surface area contributed by atoms with Crippen molar-refractivity contribution in [3.8, 4) is 0 Å². The van der Waals surface area contributed by atoms with Crippen molar-refractivity contribution in [1.82, 2.24) is 5.32 Å². The largest absolute Gasteiger partial charge is 0.349 e. The summed E-state index contributed by atoms with van der Waals surface area (Å²) in [6, 6.07) is 11.2. The summed E-state index contributed by atoms with van der Waals surface area (Å²) in [4.78, 5) is 12.6. The Morgan fingerprint density at radius 1 is 1.04 bits per heavy atom. The van der Waals surface area contributed by atoms with Gasteiger partial charge in [0, 0.05) is 17.3 Å². The lowest BCUT2D eigenvalue weighted by atomic mass is 9.95. The molecule has 7 heteroatoms. The van der Waals surface area contributed by atoms with E-state index in [1.165, 1.54) is 49.2 Å². The average molecular weight is 388 g/mol. The molecule has 2 aliphatic rings. The molecular weight excluding hydrogens is 367 g/mol. The first-order valence-electron chi connectivity index (χ1n) is 9.10. The van der Waals surface area contributed by atoms with Crippen molar-refractivity contribution in [3.63, 3.8) is 0 Å². The SMILES string of the molecule is O=C(N[C@@H]1C[C@H]2CC[C@@H]1C2)c1cccc(S(=O)(=O)Nc2ccc(F)cc2)c1. The molecule has 0 heterocycles. The van der Waals surface area contributed by atoms with E-state index in [1.54, 1.807) is 12.1 Å². The zero-order valence-electron chi connectivity index (χ0n) is 14.7. The molecule has 0 saturated heterocycles. The molecule has 2 aromatic carbocycles. The number of sulfonamides is 1. The van der Waals surface area contributed by atoms with Gasteiger partial charge in [-0.2, -0.15) is 0 Å². The number of benzene rings is 2. The fourth-order valence-corrected chi connectivity index (χ4v) is 5.31. The molecule has 2 bridgehead atoms. The summed E-state index contributed by atoms with van der Waals surface area (Å²) in [5, 5.41) is 3.07. The van der Waals surface area contributed by atoms with Crippen LogP contribution in [-0.2, 0) is 10.0 Å². The fourth-order valence-electron chi connectivity index (χ4n) is 4.21. The van der Waals surface area contributed by atoms with E-state index >= 15 is 0 Å². The summed E-state index contributed by atoms with van der Waals surface area (Å²) in [5.74, 6) is 0.571. The Labute approximate surface area is 158 Å². The Morgan fingerprint density at radius 3 is 2.48 bits per heavy atom. The maximum absolute atomic E-state index is 13.0. The van der Waals surface area contributed by atoms with Crippen molar-refractivity contribution in [1.29, 1.82) is 0 Å². The van der Waals surface area contributed by atoms with E-state index in [0.29, 0.717) is 17.4 Å². The number of fused-ring (bicyclic) bond motifs is 2. The Kier molecular flexibility index (Phi) is 4.63. The highest BCUT2D eigenvalue weighted by Crippen LogP contribution is 2.44. The summed E-state index contributed by atoms with van der Waals surface area (Å²) >= 11 is 0. The molecule has 4 rings (SSSR count). The number of nitrogens with one attached hydrogen (secondary N) is 2. The second-order valence-corrected chi connectivity index (χ2v) is 9.08. The number of anilines is 1. The number of carbonyl (C=O) groups is 1. The molecule has 2 aromatic rings. The highest BCUT2D eigenvalue weighted by Gasteiger charge is 2.40. The van der Waals surface area contributed by atoms with Crippen LogP contribution in [-0.4, -0.2) is 20.4 Å². The molecule has 0 spiro atoms. The second kappa shape index (κ2) is 6.96. The Balaban J connectivity index is 1.49. The minimum absolute atomic E-state index is 0.00702. The molecule has 0 radical (unpaired) electrons. The summed E-state index contributed by atoms with van der Waals surface area (Å²) in [6.45, 7) is 0. The van der Waals surface area contributed by atoms with E-state index in [-0.39, 0.29) is 22.5 Å². The molecule has 3 atom stereocenters. The molecule has 0 aromatic heterocycles. The molecule has 0 unspecified atom stereocenters. The summed E-state index contributed by atoms with van der Waals surface area (Å²) in [5.41, 5.74) is 0.577. The molecular formula is C20H21FN2O3S. The summed E-state index contributed by atoms with van der Waals surface area (Å²) < 4.78 is 40.5. The molecule has 27 heavy (non-hydrogen) atoms. The highest BCUT2D eigenvalue weighted by molar-refractivity contribution is 7.92. The molecule has 0 aliphatic heterocycles. The Bertz CT molecular complexity index is 959. The third-order valence-electron chi connectivity index (χ3n) is 5.56. The quantitative estimate of drug-likeness (QED) is 0.823. The van der Waals surface area contributed by atoms with Crippen LogP contribution in [0.25, 0.3) is 0 Å². The summed E-state index contributed by atoms with van der Waals surface area (Å²) in [6.07, 6.45) is 4.60. The lowest BCUT2D eigenvalue weighted by Gasteiger charge is -2.23. The first-order valence-corrected chi connectivity index (χ1v) is 10.6. The third kappa shape index (κ3) is 3.83. The molecule has 142 valence electrons. The van der Waals surface area contributed by atoms with E-state index in [0.717, 1.165) is 12.8 Å². The van der Waals surface area contributed by atoms with E-state index < -0.39 is 15.8 Å². The van der Waals surface area contributed by atoms with Crippen LogP contribution in [0.15, 0.2) is 53.4 Å². The molecule has 2 fully saturated rings. The van der Waals surface area contributed by atoms with Crippen molar-refractivity contribution in [2.45, 2.75) is 36.6 Å². The zero-order chi connectivity index (χ0) is 19.0. The standard InChI is InChI=1S/C20H21FN2O3S/c21-16-6-8-17(9-7-16)23-27(25,26)18-3-1-2-15(12-18)20(24)22-19-11-13-4-5-14(19)10-13/h1-3,6-9,12-14,19,23H,4-5,10-11H2,(H,22,24)/t13-,14+,19+/m0/s1. The predicted octanol–water partition coefficient (Wildman–Crippen LogP) is 3.54. The number of hydrogen-bond acceptors (Lipinski definition) is 3. The van der Waals surface area contributed by atoms with Gasteiger partial charge in [-0.3, -0.25) is 9.52 Å². The van der Waals surface area contributed by atoms with Gasteiger partial charge in [0.1, 0.15) is 5.82 Å². The van der Waals surface area contributed by atoms with E-state index in [9.17, 15) is 17.6 Å². The third-order valence-corrected chi connectivity index (χ3v) is 6.94. The van der Waals surface area contributed by atoms with Crippen LogP contribution in [0.4, 0.5) is 10.1 Å². The van der Waals surface area contributed by atoms with Crippen molar-refractivity contribution in [2.24, 2.45) is 11.8 Å². The van der Waals surface area contributed by atoms with Crippen molar-refractivity contribution in [2.75, 3.05) is 4.72 Å². The van der Waals surface area contributed by atoms with Gasteiger partial charge in [-0.05, 0) is 73.6 Å². The minimum atomic E-state index is -3.87. The summed E-state index contributed by atoms with van der Waals surface area (Å²) in [7, 11) is -3.87. The normalized spacial score (nSPS) is 24.0. The van der Waals surface area contributed by atoms with Gasteiger partial charge in [0.05, 0.1) is 4.90 Å². The van der Waals surface area contributed by atoms with Crippen LogP contribution in [0.2, 0.25) is 0 Å². The number of rotatable bonds is 5. The van der Waals surface area contributed by atoms with E-state index in [2.05, 4.69) is 10.0 Å². The first-order chi connectivity index (χ1) is 12.9. The van der Waals surface area contributed by atoms with Gasteiger partial charge in [-0.1, -0.05) is 12.5 Å². The van der Waals surface area contributed by atoms with Crippen LogP contribution in [0.1, 0.15) is 36.0 Å². The van der Waals surface area contributed by atoms with Crippen LogP contribution in [0, 0.1) is 17.7 Å². The van der Waals surface area contributed by atoms with Gasteiger partial charge in [0.2, 0.25) is 0 Å². The molecule has 1 amide bonds. The first kappa shape index (κ1) is 18.0. The number of carbonyl (C=O) groups excluding carboxylic acids is 1. The van der Waals surface area contributed by atoms with Gasteiger partial charge >= 0.3 is 0 Å². The highest BCUT2D eigenvalue weighted by atomic mass is 32.2. The average Bonchev–Trinajstić information content (AvgIpc) is 3.27. The van der Waals surface area contributed by atoms with Crippen LogP contribution in [0.3, 0.4) is 0 Å². The second-order valence-electron chi connectivity index (χ2n) is 7.40.